The fraction of sp³-hybridized carbons (Fsp3) is 0.438. The molecule has 0 amide bonds. The number of nitrogens with two attached hydrogens (primary N) is 1. The summed E-state index contributed by atoms with van der Waals surface area (Å²) >= 11 is 3.50. The van der Waals surface area contributed by atoms with E-state index in [9.17, 15) is 0 Å². The van der Waals surface area contributed by atoms with Gasteiger partial charge in [0.1, 0.15) is 0 Å². The largest absolute Gasteiger partial charge is 0.396 e. The first-order valence-corrected chi connectivity index (χ1v) is 8.18. The van der Waals surface area contributed by atoms with Gasteiger partial charge in [0.25, 0.3) is 0 Å². The average molecular weight is 350 g/mol. The molecule has 1 fully saturated rings. The number of nitrogens with one attached hydrogen (secondary N) is 1. The molecule has 1 aliphatic carbocycles. The monoisotopic (exact) mass is 349 g/mol. The van der Waals surface area contributed by atoms with Crippen LogP contribution in [0.15, 0.2) is 28.9 Å². The summed E-state index contributed by atoms with van der Waals surface area (Å²) in [4.78, 5) is 4.36. The van der Waals surface area contributed by atoms with Crippen LogP contribution in [0.2, 0.25) is 0 Å². The highest BCUT2D eigenvalue weighted by Gasteiger charge is 2.20. The summed E-state index contributed by atoms with van der Waals surface area (Å²) in [5.41, 5.74) is 8.64. The summed E-state index contributed by atoms with van der Waals surface area (Å²) in [5.74, 6) is 0.829. The molecule has 0 aliphatic heterocycles. The van der Waals surface area contributed by atoms with Crippen molar-refractivity contribution in [1.82, 2.24) is 4.98 Å². The van der Waals surface area contributed by atoms with E-state index in [2.05, 4.69) is 26.2 Å². The number of pyridine rings is 1. The van der Waals surface area contributed by atoms with Gasteiger partial charge in [-0.15, -0.1) is 0 Å². The predicted molar refractivity (Wildman–Crippen MR) is 90.5 cm³/mol. The third-order valence-corrected chi connectivity index (χ3v) is 4.17. The summed E-state index contributed by atoms with van der Waals surface area (Å²) in [6, 6.07) is 6.02. The molecule has 1 saturated carbocycles. The molecule has 2 aromatic rings. The second-order valence-corrected chi connectivity index (χ2v) is 6.46. The van der Waals surface area contributed by atoms with Gasteiger partial charge >= 0.3 is 0 Å². The van der Waals surface area contributed by atoms with Gasteiger partial charge in [-0.25, -0.2) is 0 Å². The Balaban J connectivity index is 1.59. The highest BCUT2D eigenvalue weighted by Crippen LogP contribution is 2.30. The number of benzene rings is 1. The lowest BCUT2D eigenvalue weighted by Gasteiger charge is -2.12. The van der Waals surface area contributed by atoms with E-state index in [0.717, 1.165) is 53.2 Å². The molecule has 4 nitrogen and oxygen atoms in total. The Labute approximate surface area is 133 Å². The van der Waals surface area contributed by atoms with Crippen LogP contribution in [-0.2, 0) is 4.74 Å². The molecule has 3 N–H and O–H groups in total. The molecule has 0 saturated heterocycles. The van der Waals surface area contributed by atoms with Crippen LogP contribution in [0.5, 0.6) is 0 Å². The Morgan fingerprint density at radius 2 is 2.24 bits per heavy atom. The number of nitrogen functional groups attached to an aromatic ring is 1. The van der Waals surface area contributed by atoms with Crippen molar-refractivity contribution in [3.63, 3.8) is 0 Å². The van der Waals surface area contributed by atoms with Gasteiger partial charge in [-0.1, -0.05) is 15.9 Å². The van der Waals surface area contributed by atoms with Crippen LogP contribution in [0, 0.1) is 5.92 Å². The summed E-state index contributed by atoms with van der Waals surface area (Å²) in [7, 11) is 0. The standard InChI is InChI=1S/C16H20BrN3O/c17-12-4-5-15-13(8-12)16(14(18)9-20-15)19-6-1-7-21-10-11-2-3-11/h4-5,8-9,11H,1-3,6-7,10,18H2,(H,19,20). The molecule has 0 bridgehead atoms. The second-order valence-electron chi connectivity index (χ2n) is 5.55. The van der Waals surface area contributed by atoms with Crippen molar-refractivity contribution in [3.05, 3.63) is 28.9 Å². The molecule has 1 aromatic heterocycles. The van der Waals surface area contributed by atoms with Crippen molar-refractivity contribution in [2.24, 2.45) is 5.92 Å². The van der Waals surface area contributed by atoms with Crippen LogP contribution in [0.25, 0.3) is 10.9 Å². The summed E-state index contributed by atoms with van der Waals surface area (Å²) < 4.78 is 6.67. The van der Waals surface area contributed by atoms with E-state index in [1.54, 1.807) is 6.20 Å². The lowest BCUT2D eigenvalue weighted by molar-refractivity contribution is 0.124. The van der Waals surface area contributed by atoms with E-state index in [4.69, 9.17) is 10.5 Å². The van der Waals surface area contributed by atoms with E-state index in [1.807, 2.05) is 18.2 Å². The van der Waals surface area contributed by atoms with Gasteiger partial charge in [0.15, 0.2) is 0 Å². The van der Waals surface area contributed by atoms with Crippen LogP contribution in [-0.4, -0.2) is 24.7 Å². The predicted octanol–water partition coefficient (Wildman–Crippen LogP) is 3.81. The Morgan fingerprint density at radius 3 is 3.05 bits per heavy atom. The van der Waals surface area contributed by atoms with E-state index >= 15 is 0 Å². The highest BCUT2D eigenvalue weighted by molar-refractivity contribution is 9.10. The molecule has 21 heavy (non-hydrogen) atoms. The first kappa shape index (κ1) is 14.6. The molecule has 5 heteroatoms. The third-order valence-electron chi connectivity index (χ3n) is 3.68. The SMILES string of the molecule is Nc1cnc2ccc(Br)cc2c1NCCCOCC1CC1. The number of hydrogen-bond donors (Lipinski definition) is 2. The van der Waals surface area contributed by atoms with E-state index in [1.165, 1.54) is 12.8 Å². The molecule has 0 radical (unpaired) electrons. The van der Waals surface area contributed by atoms with Crippen LogP contribution in [0.4, 0.5) is 11.4 Å². The molecule has 3 rings (SSSR count). The van der Waals surface area contributed by atoms with E-state index < -0.39 is 0 Å². The Kier molecular flexibility index (Phi) is 4.60. The van der Waals surface area contributed by atoms with Crippen LogP contribution < -0.4 is 11.1 Å². The topological polar surface area (TPSA) is 60.2 Å². The van der Waals surface area contributed by atoms with Gasteiger partial charge in [0.2, 0.25) is 0 Å². The maximum Gasteiger partial charge on any atom is 0.0743 e. The number of nitrogens with zero attached hydrogens (tertiary/aromatic N) is 1. The second kappa shape index (κ2) is 6.62. The zero-order valence-electron chi connectivity index (χ0n) is 11.9. The van der Waals surface area contributed by atoms with Gasteiger partial charge in [0.05, 0.1) is 23.1 Å². The van der Waals surface area contributed by atoms with Crippen molar-refractivity contribution in [3.8, 4) is 0 Å². The third kappa shape index (κ3) is 3.86. The molecule has 0 atom stereocenters. The van der Waals surface area contributed by atoms with Gasteiger partial charge in [0, 0.05) is 29.6 Å². The zero-order valence-corrected chi connectivity index (χ0v) is 13.5. The Morgan fingerprint density at radius 1 is 1.38 bits per heavy atom. The maximum atomic E-state index is 6.05. The number of aromatic nitrogens is 1. The van der Waals surface area contributed by atoms with Gasteiger partial charge in [-0.05, 0) is 43.4 Å². The molecule has 1 heterocycles. The maximum absolute atomic E-state index is 6.05. The molecule has 1 aliphatic rings. The average Bonchev–Trinajstić information content (AvgIpc) is 3.28. The minimum atomic E-state index is 0.680. The van der Waals surface area contributed by atoms with Crippen molar-refractivity contribution in [2.45, 2.75) is 19.3 Å². The first-order valence-electron chi connectivity index (χ1n) is 7.39. The number of fused-ring (bicyclic) bond motifs is 1. The number of ether oxygens (including phenoxy) is 1. The van der Waals surface area contributed by atoms with Crippen molar-refractivity contribution in [1.29, 1.82) is 0 Å². The minimum Gasteiger partial charge on any atom is -0.396 e. The summed E-state index contributed by atoms with van der Waals surface area (Å²) in [6.45, 7) is 2.57. The minimum absolute atomic E-state index is 0.680. The summed E-state index contributed by atoms with van der Waals surface area (Å²) in [5, 5.41) is 4.47. The van der Waals surface area contributed by atoms with Crippen LogP contribution in [0.1, 0.15) is 19.3 Å². The Hall–Kier alpha value is -1.33. The zero-order chi connectivity index (χ0) is 14.7. The molecule has 112 valence electrons. The quantitative estimate of drug-likeness (QED) is 0.746. The van der Waals surface area contributed by atoms with E-state index in [0.29, 0.717) is 5.69 Å². The van der Waals surface area contributed by atoms with Crippen molar-refractivity contribution >= 4 is 38.2 Å². The molecular weight excluding hydrogens is 330 g/mol. The van der Waals surface area contributed by atoms with E-state index in [-0.39, 0.29) is 0 Å². The normalized spacial score (nSPS) is 14.5. The smallest absolute Gasteiger partial charge is 0.0743 e. The molecular formula is C16H20BrN3O. The lowest BCUT2D eigenvalue weighted by atomic mass is 10.1. The molecule has 0 unspecified atom stereocenters. The number of anilines is 2. The lowest BCUT2D eigenvalue weighted by Crippen LogP contribution is -2.09. The highest BCUT2D eigenvalue weighted by atomic mass is 79.9. The molecule has 0 spiro atoms. The fourth-order valence-corrected chi connectivity index (χ4v) is 2.66. The van der Waals surface area contributed by atoms with Gasteiger partial charge < -0.3 is 15.8 Å². The van der Waals surface area contributed by atoms with Crippen LogP contribution >= 0.6 is 15.9 Å². The van der Waals surface area contributed by atoms with Crippen molar-refractivity contribution < 1.29 is 4.74 Å². The van der Waals surface area contributed by atoms with Gasteiger partial charge in [-0.3, -0.25) is 4.98 Å². The van der Waals surface area contributed by atoms with Crippen molar-refractivity contribution in [2.75, 3.05) is 30.8 Å². The van der Waals surface area contributed by atoms with Crippen LogP contribution in [0.3, 0.4) is 0 Å². The number of hydrogen-bond acceptors (Lipinski definition) is 4. The number of halogens is 1. The Bertz CT molecular complexity index is 623. The summed E-state index contributed by atoms with van der Waals surface area (Å²) in [6.07, 6.45) is 5.37. The fourth-order valence-electron chi connectivity index (χ4n) is 2.30. The first-order chi connectivity index (χ1) is 10.2. The molecule has 1 aromatic carbocycles. The number of rotatable bonds is 7. The van der Waals surface area contributed by atoms with Gasteiger partial charge in [-0.2, -0.15) is 0 Å².